The minimum Gasteiger partial charge on any atom is -0.409 e. The highest BCUT2D eigenvalue weighted by molar-refractivity contribution is 5.96. The van der Waals surface area contributed by atoms with Crippen molar-refractivity contribution < 1.29 is 5.21 Å². The molecule has 1 fully saturated rings. The average Bonchev–Trinajstić information content (AvgIpc) is 2.82. The quantitative estimate of drug-likeness (QED) is 0.341. The molecule has 1 aliphatic heterocycles. The molecule has 1 saturated heterocycles. The van der Waals surface area contributed by atoms with Crippen molar-refractivity contribution >= 4 is 5.84 Å². The van der Waals surface area contributed by atoms with Crippen molar-refractivity contribution in [3.8, 4) is 0 Å². The van der Waals surface area contributed by atoms with Crippen LogP contribution < -0.4 is 5.73 Å². The zero-order chi connectivity index (χ0) is 11.4. The maximum absolute atomic E-state index is 8.68. The van der Waals surface area contributed by atoms with Gasteiger partial charge >= 0.3 is 0 Å². The monoisotopic (exact) mass is 220 g/mol. The van der Waals surface area contributed by atoms with Gasteiger partial charge in [0.1, 0.15) is 5.69 Å². The molecular weight excluding hydrogens is 204 g/mol. The molecule has 1 aromatic rings. The van der Waals surface area contributed by atoms with Crippen LogP contribution in [0.1, 0.15) is 24.1 Å². The lowest BCUT2D eigenvalue weighted by Crippen LogP contribution is -2.23. The van der Waals surface area contributed by atoms with Gasteiger partial charge in [-0.1, -0.05) is 11.2 Å². The van der Waals surface area contributed by atoms with Gasteiger partial charge in [0.15, 0.2) is 5.84 Å². The first kappa shape index (κ1) is 10.9. The highest BCUT2D eigenvalue weighted by Crippen LogP contribution is 2.14. The van der Waals surface area contributed by atoms with E-state index in [4.69, 9.17) is 10.9 Å². The van der Waals surface area contributed by atoms with Crippen molar-refractivity contribution in [2.45, 2.75) is 19.4 Å². The van der Waals surface area contributed by atoms with E-state index in [1.165, 1.54) is 12.8 Å². The maximum atomic E-state index is 8.68. The summed E-state index contributed by atoms with van der Waals surface area (Å²) in [5.41, 5.74) is 7.18. The second-order valence-corrected chi connectivity index (χ2v) is 3.98. The predicted octanol–water partition coefficient (Wildman–Crippen LogP) is 0.772. The van der Waals surface area contributed by atoms with Crippen LogP contribution in [-0.4, -0.2) is 34.0 Å². The molecule has 86 valence electrons. The number of pyridine rings is 1. The summed E-state index contributed by atoms with van der Waals surface area (Å²) in [6, 6.07) is 3.85. The first-order valence-corrected chi connectivity index (χ1v) is 5.45. The number of hydrogen-bond donors (Lipinski definition) is 2. The summed E-state index contributed by atoms with van der Waals surface area (Å²) in [6.45, 7) is 3.05. The number of nitrogens with two attached hydrogens (primary N) is 1. The molecule has 0 unspecified atom stereocenters. The van der Waals surface area contributed by atoms with Crippen molar-refractivity contribution in [1.82, 2.24) is 9.88 Å². The van der Waals surface area contributed by atoms with Gasteiger partial charge in [-0.05, 0) is 37.6 Å². The molecule has 1 aliphatic rings. The summed E-state index contributed by atoms with van der Waals surface area (Å²) >= 11 is 0. The smallest absolute Gasteiger partial charge is 0.189 e. The maximum Gasteiger partial charge on any atom is 0.189 e. The molecule has 0 bridgehead atoms. The van der Waals surface area contributed by atoms with Gasteiger partial charge < -0.3 is 10.9 Å². The molecular formula is C11H16N4O. The van der Waals surface area contributed by atoms with Gasteiger partial charge in [0.05, 0.1) is 0 Å². The summed E-state index contributed by atoms with van der Waals surface area (Å²) in [7, 11) is 0. The Balaban J connectivity index is 2.19. The number of oxime groups is 1. The Hall–Kier alpha value is -1.62. The van der Waals surface area contributed by atoms with Gasteiger partial charge in [-0.2, -0.15) is 0 Å². The van der Waals surface area contributed by atoms with Crippen molar-refractivity contribution in [1.29, 1.82) is 0 Å². The van der Waals surface area contributed by atoms with E-state index in [-0.39, 0.29) is 5.84 Å². The highest BCUT2D eigenvalue weighted by atomic mass is 16.4. The van der Waals surface area contributed by atoms with E-state index in [0.29, 0.717) is 5.69 Å². The minimum absolute atomic E-state index is 0.0785. The van der Waals surface area contributed by atoms with E-state index >= 15 is 0 Å². The fourth-order valence-electron chi connectivity index (χ4n) is 2.03. The Labute approximate surface area is 94.6 Å². The largest absolute Gasteiger partial charge is 0.409 e. The summed E-state index contributed by atoms with van der Waals surface area (Å²) in [4.78, 5) is 6.50. The summed E-state index contributed by atoms with van der Waals surface area (Å²) in [5.74, 6) is 0.0785. The van der Waals surface area contributed by atoms with E-state index in [2.05, 4.69) is 15.0 Å². The lowest BCUT2D eigenvalue weighted by molar-refractivity contribution is 0.317. The molecule has 0 atom stereocenters. The van der Waals surface area contributed by atoms with Gasteiger partial charge in [-0.3, -0.25) is 9.88 Å². The van der Waals surface area contributed by atoms with Crippen LogP contribution in [0.2, 0.25) is 0 Å². The molecule has 3 N–H and O–H groups in total. The van der Waals surface area contributed by atoms with Crippen LogP contribution in [0.5, 0.6) is 0 Å². The first-order chi connectivity index (χ1) is 7.81. The van der Waals surface area contributed by atoms with Gasteiger partial charge in [0.2, 0.25) is 0 Å². The third-order valence-corrected chi connectivity index (χ3v) is 2.83. The molecule has 0 aromatic carbocycles. The number of aromatic nitrogens is 1. The SMILES string of the molecule is NC(=NO)c1ncccc1CN1CCCC1. The van der Waals surface area contributed by atoms with Crippen LogP contribution in [-0.2, 0) is 6.54 Å². The topological polar surface area (TPSA) is 74.7 Å². The zero-order valence-corrected chi connectivity index (χ0v) is 9.13. The summed E-state index contributed by atoms with van der Waals surface area (Å²) in [5, 5.41) is 11.7. The molecule has 0 radical (unpaired) electrons. The summed E-state index contributed by atoms with van der Waals surface area (Å²) < 4.78 is 0. The predicted molar refractivity (Wildman–Crippen MR) is 61.3 cm³/mol. The first-order valence-electron chi connectivity index (χ1n) is 5.45. The standard InChI is InChI=1S/C11H16N4O/c12-11(14-16)10-9(4-3-5-13-10)8-15-6-1-2-7-15/h3-5,16H,1-2,6-8H2,(H2,12,14). The van der Waals surface area contributed by atoms with E-state index < -0.39 is 0 Å². The lowest BCUT2D eigenvalue weighted by Gasteiger charge is -2.16. The van der Waals surface area contributed by atoms with Crippen molar-refractivity contribution in [2.75, 3.05) is 13.1 Å². The molecule has 2 heterocycles. The number of likely N-dealkylation sites (tertiary alicyclic amines) is 1. The molecule has 16 heavy (non-hydrogen) atoms. The van der Waals surface area contributed by atoms with Gasteiger partial charge in [-0.25, -0.2) is 0 Å². The molecule has 5 nitrogen and oxygen atoms in total. The second-order valence-electron chi connectivity index (χ2n) is 3.98. The number of amidine groups is 1. The van der Waals surface area contributed by atoms with Crippen LogP contribution >= 0.6 is 0 Å². The fraction of sp³-hybridized carbons (Fsp3) is 0.455. The highest BCUT2D eigenvalue weighted by Gasteiger charge is 2.15. The van der Waals surface area contributed by atoms with Gasteiger partial charge in [0.25, 0.3) is 0 Å². The van der Waals surface area contributed by atoms with Crippen molar-refractivity contribution in [3.05, 3.63) is 29.6 Å². The van der Waals surface area contributed by atoms with E-state index in [1.807, 2.05) is 12.1 Å². The van der Waals surface area contributed by atoms with Gasteiger partial charge in [-0.15, -0.1) is 0 Å². The Morgan fingerprint density at radius 3 is 2.94 bits per heavy atom. The minimum atomic E-state index is 0.0785. The van der Waals surface area contributed by atoms with Gasteiger partial charge in [0, 0.05) is 12.7 Å². The number of nitrogens with zero attached hydrogens (tertiary/aromatic N) is 3. The second kappa shape index (κ2) is 4.94. The lowest BCUT2D eigenvalue weighted by atomic mass is 10.1. The molecule has 1 aromatic heterocycles. The molecule has 0 amide bonds. The van der Waals surface area contributed by atoms with Crippen molar-refractivity contribution in [2.24, 2.45) is 10.9 Å². The zero-order valence-electron chi connectivity index (χ0n) is 9.13. The third-order valence-electron chi connectivity index (χ3n) is 2.83. The van der Waals surface area contributed by atoms with Crippen LogP contribution in [0.3, 0.4) is 0 Å². The Kier molecular flexibility index (Phi) is 3.36. The number of rotatable bonds is 3. The van der Waals surface area contributed by atoms with E-state index in [9.17, 15) is 0 Å². The van der Waals surface area contributed by atoms with E-state index in [0.717, 1.165) is 25.2 Å². The van der Waals surface area contributed by atoms with Crippen LogP contribution in [0.25, 0.3) is 0 Å². The molecule has 0 saturated carbocycles. The van der Waals surface area contributed by atoms with Crippen LogP contribution in [0.4, 0.5) is 0 Å². The Bertz CT molecular complexity index is 385. The summed E-state index contributed by atoms with van der Waals surface area (Å²) in [6.07, 6.45) is 4.15. The normalized spacial score (nSPS) is 17.9. The van der Waals surface area contributed by atoms with Crippen LogP contribution in [0.15, 0.2) is 23.5 Å². The van der Waals surface area contributed by atoms with Crippen molar-refractivity contribution in [3.63, 3.8) is 0 Å². The van der Waals surface area contributed by atoms with Crippen LogP contribution in [0, 0.1) is 0 Å². The number of hydrogen-bond acceptors (Lipinski definition) is 4. The Morgan fingerprint density at radius 1 is 1.50 bits per heavy atom. The van der Waals surface area contributed by atoms with E-state index in [1.54, 1.807) is 6.20 Å². The fourth-order valence-corrected chi connectivity index (χ4v) is 2.03. The molecule has 0 aliphatic carbocycles. The third kappa shape index (κ3) is 2.30. The average molecular weight is 220 g/mol. The molecule has 5 heteroatoms. The molecule has 0 spiro atoms. The molecule has 2 rings (SSSR count). The Morgan fingerprint density at radius 2 is 2.25 bits per heavy atom.